The third-order valence-electron chi connectivity index (χ3n) is 3.92. The molecule has 22 heavy (non-hydrogen) atoms. The lowest BCUT2D eigenvalue weighted by molar-refractivity contribution is -0.245. The summed E-state index contributed by atoms with van der Waals surface area (Å²) in [6.45, 7) is 11.2. The first-order valence-corrected chi connectivity index (χ1v) is 7.50. The largest absolute Gasteiger partial charge is 0.365 e. The quantitative estimate of drug-likeness (QED) is 0.610. The van der Waals surface area contributed by atoms with E-state index in [0.717, 1.165) is 0 Å². The Morgan fingerprint density at radius 1 is 1.14 bits per heavy atom. The van der Waals surface area contributed by atoms with Crippen LogP contribution in [0, 0.1) is 0 Å². The minimum Gasteiger partial charge on any atom is -0.365 e. The van der Waals surface area contributed by atoms with Crippen molar-refractivity contribution in [2.24, 2.45) is 0 Å². The van der Waals surface area contributed by atoms with Crippen molar-refractivity contribution in [1.29, 1.82) is 0 Å². The van der Waals surface area contributed by atoms with Crippen LogP contribution in [0.1, 0.15) is 27.7 Å². The molecule has 3 rings (SSSR count). The summed E-state index contributed by atoms with van der Waals surface area (Å²) in [6, 6.07) is 0. The molecule has 7 nitrogen and oxygen atoms in total. The lowest BCUT2D eigenvalue weighted by Gasteiger charge is -2.29. The van der Waals surface area contributed by atoms with Crippen molar-refractivity contribution < 1.29 is 33.5 Å². The van der Waals surface area contributed by atoms with Crippen LogP contribution in [0.25, 0.3) is 0 Å². The normalized spacial score (nSPS) is 44.0. The van der Waals surface area contributed by atoms with Gasteiger partial charge in [-0.1, -0.05) is 6.58 Å². The van der Waals surface area contributed by atoms with E-state index in [2.05, 4.69) is 6.58 Å². The zero-order valence-electron chi connectivity index (χ0n) is 13.4. The molecule has 0 radical (unpaired) electrons. The predicted molar refractivity (Wildman–Crippen MR) is 74.7 cm³/mol. The molecule has 7 heteroatoms. The van der Waals surface area contributed by atoms with Crippen LogP contribution in [0.2, 0.25) is 0 Å². The van der Waals surface area contributed by atoms with Gasteiger partial charge in [-0.25, -0.2) is 0 Å². The Kier molecular flexibility index (Phi) is 4.10. The van der Waals surface area contributed by atoms with Crippen molar-refractivity contribution in [3.63, 3.8) is 0 Å². The first kappa shape index (κ1) is 16.3. The van der Waals surface area contributed by atoms with Gasteiger partial charge < -0.3 is 33.5 Å². The van der Waals surface area contributed by atoms with Crippen LogP contribution in [-0.2, 0) is 28.4 Å². The van der Waals surface area contributed by atoms with Crippen LogP contribution >= 0.6 is 0 Å². The maximum Gasteiger partial charge on any atom is 0.190 e. The molecule has 0 aromatic rings. The molecule has 0 aromatic carbocycles. The fourth-order valence-corrected chi connectivity index (χ4v) is 3.05. The van der Waals surface area contributed by atoms with Crippen molar-refractivity contribution in [3.05, 3.63) is 12.7 Å². The van der Waals surface area contributed by atoms with Gasteiger partial charge in [0.25, 0.3) is 0 Å². The Labute approximate surface area is 130 Å². The summed E-state index contributed by atoms with van der Waals surface area (Å²) in [5, 5.41) is 9.77. The second-order valence-electron chi connectivity index (χ2n) is 6.66. The Morgan fingerprint density at radius 3 is 2.45 bits per heavy atom. The maximum absolute atomic E-state index is 9.77. The summed E-state index contributed by atoms with van der Waals surface area (Å²) in [6.07, 6.45) is -2.13. The second kappa shape index (κ2) is 5.52. The first-order chi connectivity index (χ1) is 10.2. The number of hydrogen-bond acceptors (Lipinski definition) is 7. The number of fused-ring (bicyclic) bond motifs is 1. The average Bonchev–Trinajstić information content (AvgIpc) is 3.01. The highest BCUT2D eigenvalue weighted by molar-refractivity contribution is 4.99. The van der Waals surface area contributed by atoms with Crippen LogP contribution in [0.4, 0.5) is 0 Å². The highest BCUT2D eigenvalue weighted by atomic mass is 16.9. The fraction of sp³-hybridized carbons (Fsp3) is 0.867. The third-order valence-corrected chi connectivity index (χ3v) is 3.92. The molecule has 3 aliphatic heterocycles. The van der Waals surface area contributed by atoms with Gasteiger partial charge in [-0.05, 0) is 33.8 Å². The molecular formula is C15H24O7. The van der Waals surface area contributed by atoms with Gasteiger partial charge in [0.1, 0.15) is 24.4 Å². The van der Waals surface area contributed by atoms with Gasteiger partial charge in [-0.3, -0.25) is 0 Å². The van der Waals surface area contributed by atoms with Gasteiger partial charge in [0.15, 0.2) is 24.2 Å². The fourth-order valence-electron chi connectivity index (χ4n) is 3.05. The van der Waals surface area contributed by atoms with Gasteiger partial charge in [-0.15, -0.1) is 0 Å². The molecule has 126 valence electrons. The molecule has 0 aromatic heterocycles. The average molecular weight is 316 g/mol. The Morgan fingerprint density at radius 2 is 1.86 bits per heavy atom. The van der Waals surface area contributed by atoms with Gasteiger partial charge in [0.05, 0.1) is 6.61 Å². The minimum absolute atomic E-state index is 0.321. The SMILES string of the molecule is C=CC(O)OC1C2OC(C)(C)O[C@H]2O[C@@H]1C1COC(C)(C)O1. The summed E-state index contributed by atoms with van der Waals surface area (Å²) in [5.74, 6) is -1.43. The van der Waals surface area contributed by atoms with Gasteiger partial charge in [-0.2, -0.15) is 0 Å². The third kappa shape index (κ3) is 3.07. The maximum atomic E-state index is 9.77. The molecule has 1 N–H and O–H groups in total. The number of aliphatic hydroxyl groups excluding tert-OH is 1. The van der Waals surface area contributed by atoms with E-state index in [1.54, 1.807) is 0 Å². The van der Waals surface area contributed by atoms with Crippen molar-refractivity contribution in [2.75, 3.05) is 6.61 Å². The highest BCUT2D eigenvalue weighted by Crippen LogP contribution is 2.42. The summed E-state index contributed by atoms with van der Waals surface area (Å²) in [5.41, 5.74) is 0. The van der Waals surface area contributed by atoms with Crippen LogP contribution in [0.15, 0.2) is 12.7 Å². The molecule has 0 bridgehead atoms. The number of aliphatic hydroxyl groups is 1. The minimum atomic E-state index is -1.11. The van der Waals surface area contributed by atoms with E-state index in [4.69, 9.17) is 28.4 Å². The summed E-state index contributed by atoms with van der Waals surface area (Å²) in [4.78, 5) is 0. The topological polar surface area (TPSA) is 75.6 Å². The van der Waals surface area contributed by atoms with Gasteiger partial charge in [0, 0.05) is 0 Å². The zero-order chi connectivity index (χ0) is 16.1. The van der Waals surface area contributed by atoms with Crippen molar-refractivity contribution >= 4 is 0 Å². The first-order valence-electron chi connectivity index (χ1n) is 7.50. The number of rotatable bonds is 4. The molecule has 4 unspecified atom stereocenters. The lowest BCUT2D eigenvalue weighted by Crippen LogP contribution is -2.45. The molecule has 3 aliphatic rings. The van der Waals surface area contributed by atoms with Crippen molar-refractivity contribution in [1.82, 2.24) is 0 Å². The molecule has 6 atom stereocenters. The molecule has 0 amide bonds. The van der Waals surface area contributed by atoms with E-state index in [1.807, 2.05) is 27.7 Å². The standard InChI is InChI=1S/C15H24O7/c1-6-9(16)18-11-10(8-7-17-14(2,3)20-8)19-13-12(11)21-15(4,5)22-13/h6,8-13,16H,1,7H2,2-5H3/t8?,9?,10-,11?,12?,13-/m1/s1. The van der Waals surface area contributed by atoms with E-state index >= 15 is 0 Å². The second-order valence-corrected chi connectivity index (χ2v) is 6.66. The molecule has 3 saturated heterocycles. The van der Waals surface area contributed by atoms with E-state index in [0.29, 0.717) is 6.61 Å². The Hall–Kier alpha value is -0.540. The predicted octanol–water partition coefficient (Wildman–Crippen LogP) is 0.904. The summed E-state index contributed by atoms with van der Waals surface area (Å²) in [7, 11) is 0. The van der Waals surface area contributed by atoms with E-state index in [-0.39, 0.29) is 6.10 Å². The molecular weight excluding hydrogens is 292 g/mol. The van der Waals surface area contributed by atoms with Crippen molar-refractivity contribution in [2.45, 2.75) is 76.3 Å². The number of ether oxygens (including phenoxy) is 6. The smallest absolute Gasteiger partial charge is 0.190 e. The highest BCUT2D eigenvalue weighted by Gasteiger charge is 2.59. The molecule has 0 saturated carbocycles. The van der Waals surface area contributed by atoms with E-state index < -0.39 is 42.5 Å². The number of hydrogen-bond donors (Lipinski definition) is 1. The van der Waals surface area contributed by atoms with Crippen molar-refractivity contribution in [3.8, 4) is 0 Å². The van der Waals surface area contributed by atoms with Crippen LogP contribution in [0.3, 0.4) is 0 Å². The van der Waals surface area contributed by atoms with Gasteiger partial charge >= 0.3 is 0 Å². The summed E-state index contributed by atoms with van der Waals surface area (Å²) >= 11 is 0. The lowest BCUT2D eigenvalue weighted by atomic mass is 10.1. The molecule has 3 fully saturated rings. The molecule has 0 aliphatic carbocycles. The van der Waals surface area contributed by atoms with E-state index in [1.165, 1.54) is 6.08 Å². The van der Waals surface area contributed by atoms with E-state index in [9.17, 15) is 5.11 Å². The monoisotopic (exact) mass is 316 g/mol. The van der Waals surface area contributed by atoms with Gasteiger partial charge in [0.2, 0.25) is 0 Å². The van der Waals surface area contributed by atoms with Crippen LogP contribution in [-0.4, -0.2) is 60.3 Å². The molecule has 0 spiro atoms. The Balaban J connectivity index is 1.76. The molecule has 3 heterocycles. The van der Waals surface area contributed by atoms with Crippen LogP contribution in [0.5, 0.6) is 0 Å². The zero-order valence-corrected chi connectivity index (χ0v) is 13.4. The Bertz CT molecular complexity index is 436. The summed E-state index contributed by atoms with van der Waals surface area (Å²) < 4.78 is 34.6. The van der Waals surface area contributed by atoms with Crippen LogP contribution < -0.4 is 0 Å².